The number of likely N-dealkylation sites (tertiary alicyclic amines) is 1. The SMILES string of the molecule is Cc1cc(C)c2nc(N3CCC[C@H](C(=O)NCCCN4C[C@H](C)C[C@H](C)C4)C3)sc2c1. The summed E-state index contributed by atoms with van der Waals surface area (Å²) < 4.78 is 1.25. The fraction of sp³-hybridized carbons (Fsp3) is 0.680. The number of aromatic nitrogens is 1. The molecule has 2 aliphatic rings. The number of rotatable bonds is 6. The molecule has 2 aromatic rings. The van der Waals surface area contributed by atoms with Crippen molar-refractivity contribution < 1.29 is 4.79 Å². The molecule has 1 N–H and O–H groups in total. The van der Waals surface area contributed by atoms with Gasteiger partial charge in [-0.2, -0.15) is 0 Å². The van der Waals surface area contributed by atoms with Gasteiger partial charge in [0.25, 0.3) is 0 Å². The molecule has 3 atom stereocenters. The lowest BCUT2D eigenvalue weighted by Gasteiger charge is -2.35. The lowest BCUT2D eigenvalue weighted by Crippen LogP contribution is -2.44. The Morgan fingerprint density at radius 1 is 1.19 bits per heavy atom. The number of amides is 1. The summed E-state index contributed by atoms with van der Waals surface area (Å²) in [7, 11) is 0. The van der Waals surface area contributed by atoms with Gasteiger partial charge in [-0.3, -0.25) is 4.79 Å². The second-order valence-electron chi connectivity index (χ2n) is 10.1. The van der Waals surface area contributed by atoms with Crippen molar-refractivity contribution in [2.75, 3.05) is 44.2 Å². The van der Waals surface area contributed by atoms with Crippen LogP contribution < -0.4 is 10.2 Å². The third kappa shape index (κ3) is 5.58. The minimum absolute atomic E-state index is 0.0682. The Labute approximate surface area is 191 Å². The zero-order chi connectivity index (χ0) is 22.0. The van der Waals surface area contributed by atoms with E-state index in [1.54, 1.807) is 11.3 Å². The first-order valence-electron chi connectivity index (χ1n) is 12.0. The third-order valence-corrected chi connectivity index (χ3v) is 7.84. The van der Waals surface area contributed by atoms with Gasteiger partial charge >= 0.3 is 0 Å². The van der Waals surface area contributed by atoms with Crippen LogP contribution in [0.4, 0.5) is 5.13 Å². The topological polar surface area (TPSA) is 48.5 Å². The van der Waals surface area contributed by atoms with Crippen molar-refractivity contribution in [1.29, 1.82) is 0 Å². The first-order chi connectivity index (χ1) is 14.9. The largest absolute Gasteiger partial charge is 0.356 e. The maximum atomic E-state index is 12.8. The van der Waals surface area contributed by atoms with Gasteiger partial charge in [-0.25, -0.2) is 4.98 Å². The molecule has 1 aromatic heterocycles. The van der Waals surface area contributed by atoms with E-state index in [0.29, 0.717) is 0 Å². The van der Waals surface area contributed by atoms with E-state index in [9.17, 15) is 4.79 Å². The predicted octanol–water partition coefficient (Wildman–Crippen LogP) is 4.61. The van der Waals surface area contributed by atoms with Gasteiger partial charge in [0.2, 0.25) is 5.91 Å². The molecule has 2 saturated heterocycles. The third-order valence-electron chi connectivity index (χ3n) is 6.78. The summed E-state index contributed by atoms with van der Waals surface area (Å²) in [6.07, 6.45) is 4.42. The molecule has 0 unspecified atom stereocenters. The van der Waals surface area contributed by atoms with Crippen molar-refractivity contribution in [2.45, 2.75) is 53.4 Å². The maximum absolute atomic E-state index is 12.8. The fourth-order valence-electron chi connectivity index (χ4n) is 5.49. The molecule has 31 heavy (non-hydrogen) atoms. The molecule has 1 aromatic carbocycles. The Balaban J connectivity index is 1.27. The minimum atomic E-state index is 0.0682. The van der Waals surface area contributed by atoms with Crippen LogP contribution in [0.5, 0.6) is 0 Å². The summed E-state index contributed by atoms with van der Waals surface area (Å²) >= 11 is 1.76. The highest BCUT2D eigenvalue weighted by atomic mass is 32.1. The van der Waals surface area contributed by atoms with Crippen molar-refractivity contribution in [2.24, 2.45) is 17.8 Å². The lowest BCUT2D eigenvalue weighted by atomic mass is 9.92. The summed E-state index contributed by atoms with van der Waals surface area (Å²) in [5.41, 5.74) is 3.63. The van der Waals surface area contributed by atoms with Gasteiger partial charge in [0.15, 0.2) is 5.13 Å². The Hall–Kier alpha value is -1.66. The summed E-state index contributed by atoms with van der Waals surface area (Å²) in [6.45, 7) is 15.0. The van der Waals surface area contributed by atoms with Gasteiger partial charge < -0.3 is 15.1 Å². The minimum Gasteiger partial charge on any atom is -0.356 e. The first kappa shape index (κ1) is 22.5. The van der Waals surface area contributed by atoms with Gasteiger partial charge in [0.05, 0.1) is 16.1 Å². The zero-order valence-corrected chi connectivity index (χ0v) is 20.4. The molecule has 1 amide bonds. The molecule has 5 nitrogen and oxygen atoms in total. The Morgan fingerprint density at radius 3 is 2.74 bits per heavy atom. The first-order valence-corrected chi connectivity index (χ1v) is 12.8. The highest BCUT2D eigenvalue weighted by Gasteiger charge is 2.27. The van der Waals surface area contributed by atoms with Crippen LogP contribution in [-0.4, -0.2) is 55.1 Å². The Morgan fingerprint density at radius 2 is 1.97 bits per heavy atom. The van der Waals surface area contributed by atoms with Gasteiger partial charge in [0, 0.05) is 32.7 Å². The maximum Gasteiger partial charge on any atom is 0.224 e. The Bertz CT molecular complexity index is 900. The molecule has 0 radical (unpaired) electrons. The molecule has 0 spiro atoms. The van der Waals surface area contributed by atoms with Crippen LogP contribution in [0, 0.1) is 31.6 Å². The number of piperidine rings is 2. The number of nitrogens with one attached hydrogen (secondary N) is 1. The summed E-state index contributed by atoms with van der Waals surface area (Å²) in [6, 6.07) is 4.42. The van der Waals surface area contributed by atoms with E-state index < -0.39 is 0 Å². The van der Waals surface area contributed by atoms with Crippen LogP contribution in [0.1, 0.15) is 50.7 Å². The smallest absolute Gasteiger partial charge is 0.224 e. The van der Waals surface area contributed by atoms with Crippen LogP contribution in [0.25, 0.3) is 10.2 Å². The molecule has 0 bridgehead atoms. The molecular weight excluding hydrogens is 404 g/mol. The van der Waals surface area contributed by atoms with E-state index in [2.05, 4.69) is 54.9 Å². The van der Waals surface area contributed by atoms with E-state index in [1.807, 2.05) is 0 Å². The average molecular weight is 443 g/mol. The van der Waals surface area contributed by atoms with Gasteiger partial charge in [0.1, 0.15) is 0 Å². The van der Waals surface area contributed by atoms with E-state index in [0.717, 1.165) is 67.9 Å². The van der Waals surface area contributed by atoms with Crippen LogP contribution >= 0.6 is 11.3 Å². The number of benzene rings is 1. The molecule has 2 aliphatic heterocycles. The highest BCUT2D eigenvalue weighted by Crippen LogP contribution is 2.33. The van der Waals surface area contributed by atoms with Gasteiger partial charge in [-0.1, -0.05) is 31.3 Å². The highest BCUT2D eigenvalue weighted by molar-refractivity contribution is 7.22. The quantitative estimate of drug-likeness (QED) is 0.664. The summed E-state index contributed by atoms with van der Waals surface area (Å²) in [5.74, 6) is 1.88. The Kier molecular flexibility index (Phi) is 7.17. The molecule has 6 heteroatoms. The van der Waals surface area contributed by atoms with Crippen molar-refractivity contribution >= 4 is 32.6 Å². The number of thiazole rings is 1. The molecule has 3 heterocycles. The number of hydrogen-bond donors (Lipinski definition) is 1. The number of hydrogen-bond acceptors (Lipinski definition) is 5. The zero-order valence-electron chi connectivity index (χ0n) is 19.6. The molecule has 170 valence electrons. The molecule has 0 aliphatic carbocycles. The average Bonchev–Trinajstić information content (AvgIpc) is 3.15. The number of anilines is 1. The monoisotopic (exact) mass is 442 g/mol. The number of nitrogens with zero attached hydrogens (tertiary/aromatic N) is 3. The van der Waals surface area contributed by atoms with Crippen LogP contribution in [0.2, 0.25) is 0 Å². The summed E-state index contributed by atoms with van der Waals surface area (Å²) in [4.78, 5) is 22.6. The molecular formula is C25H38N4OS. The molecule has 2 fully saturated rings. The van der Waals surface area contributed by atoms with Gasteiger partial charge in [-0.05, 0) is 75.1 Å². The number of carbonyl (C=O) groups is 1. The van der Waals surface area contributed by atoms with Crippen LogP contribution in [-0.2, 0) is 4.79 Å². The fourth-order valence-corrected chi connectivity index (χ4v) is 6.67. The van der Waals surface area contributed by atoms with Crippen LogP contribution in [0.15, 0.2) is 12.1 Å². The van der Waals surface area contributed by atoms with Crippen molar-refractivity contribution in [3.05, 3.63) is 23.3 Å². The normalized spacial score (nSPS) is 25.2. The van der Waals surface area contributed by atoms with Crippen LogP contribution in [0.3, 0.4) is 0 Å². The molecule has 0 saturated carbocycles. The second kappa shape index (κ2) is 9.86. The lowest BCUT2D eigenvalue weighted by molar-refractivity contribution is -0.125. The number of aryl methyl sites for hydroxylation is 2. The van der Waals surface area contributed by atoms with E-state index in [4.69, 9.17) is 4.98 Å². The van der Waals surface area contributed by atoms with Crippen molar-refractivity contribution in [1.82, 2.24) is 15.2 Å². The summed E-state index contributed by atoms with van der Waals surface area (Å²) in [5, 5.41) is 4.28. The number of carbonyl (C=O) groups excluding carboxylic acids is 1. The van der Waals surface area contributed by atoms with E-state index >= 15 is 0 Å². The standard InChI is InChI=1S/C25H38N4OS/c1-17-12-20(4)23-22(13-17)31-25(27-23)29-10-5-7-21(16-29)24(30)26-8-6-9-28-14-18(2)11-19(3)15-28/h12-13,18-19,21H,5-11,14-16H2,1-4H3,(H,26,30)/t18-,19+,21-/m0/s1. The van der Waals surface area contributed by atoms with Crippen molar-refractivity contribution in [3.63, 3.8) is 0 Å². The van der Waals surface area contributed by atoms with Crippen molar-refractivity contribution in [3.8, 4) is 0 Å². The van der Waals surface area contributed by atoms with E-state index in [1.165, 1.54) is 35.3 Å². The predicted molar refractivity (Wildman–Crippen MR) is 131 cm³/mol. The second-order valence-corrected chi connectivity index (χ2v) is 11.1. The van der Waals surface area contributed by atoms with E-state index in [-0.39, 0.29) is 11.8 Å². The molecule has 4 rings (SSSR count). The number of fused-ring (bicyclic) bond motifs is 1. The van der Waals surface area contributed by atoms with Gasteiger partial charge in [-0.15, -0.1) is 0 Å².